The third-order valence-corrected chi connectivity index (χ3v) is 3.34. The fraction of sp³-hybridized carbons (Fsp3) is 0.222. The van der Waals surface area contributed by atoms with Crippen LogP contribution in [-0.4, -0.2) is 17.5 Å². The molecule has 5 nitrogen and oxygen atoms in total. The van der Waals surface area contributed by atoms with Crippen LogP contribution in [0.3, 0.4) is 0 Å². The summed E-state index contributed by atoms with van der Waals surface area (Å²) in [7, 11) is 0. The lowest BCUT2D eigenvalue weighted by molar-refractivity contribution is -0.116. The van der Waals surface area contributed by atoms with E-state index in [1.54, 1.807) is 6.92 Å². The number of aromatic nitrogens is 1. The molecule has 1 heterocycles. The highest BCUT2D eigenvalue weighted by molar-refractivity contribution is 5.92. The van der Waals surface area contributed by atoms with Crippen LogP contribution in [0.4, 0.5) is 5.69 Å². The number of anilines is 1. The number of para-hydroxylation sites is 1. The fourth-order valence-electron chi connectivity index (χ4n) is 2.28. The van der Waals surface area contributed by atoms with Crippen molar-refractivity contribution in [1.82, 2.24) is 4.98 Å². The van der Waals surface area contributed by atoms with Gasteiger partial charge in [0.15, 0.2) is 11.5 Å². The second-order valence-electron chi connectivity index (χ2n) is 5.23. The lowest BCUT2D eigenvalue weighted by Gasteiger charge is -2.07. The quantitative estimate of drug-likeness (QED) is 0.701. The van der Waals surface area contributed by atoms with Gasteiger partial charge < -0.3 is 14.5 Å². The van der Waals surface area contributed by atoms with E-state index in [0.29, 0.717) is 25.3 Å². The van der Waals surface area contributed by atoms with Gasteiger partial charge in [-0.15, -0.1) is 0 Å². The minimum absolute atomic E-state index is 0.0405. The van der Waals surface area contributed by atoms with Crippen molar-refractivity contribution in [2.75, 3.05) is 11.9 Å². The number of ether oxygens (including phenoxy) is 1. The third kappa shape index (κ3) is 4.10. The van der Waals surface area contributed by atoms with Crippen molar-refractivity contribution in [1.29, 1.82) is 0 Å². The SMILES string of the molecule is Cc1nc2cc(NC(=O)CCCOc3ccccc3)ccc2o1. The average molecular weight is 310 g/mol. The number of fused-ring (bicyclic) bond motifs is 1. The lowest BCUT2D eigenvalue weighted by atomic mass is 10.2. The molecule has 3 rings (SSSR count). The van der Waals surface area contributed by atoms with Gasteiger partial charge in [0.05, 0.1) is 6.61 Å². The number of benzene rings is 2. The Labute approximate surface area is 134 Å². The highest BCUT2D eigenvalue weighted by atomic mass is 16.5. The van der Waals surface area contributed by atoms with E-state index in [4.69, 9.17) is 9.15 Å². The van der Waals surface area contributed by atoms with Crippen LogP contribution in [0.1, 0.15) is 18.7 Å². The zero-order chi connectivity index (χ0) is 16.1. The van der Waals surface area contributed by atoms with Crippen molar-refractivity contribution in [3.05, 3.63) is 54.4 Å². The smallest absolute Gasteiger partial charge is 0.224 e. The second-order valence-corrected chi connectivity index (χ2v) is 5.23. The largest absolute Gasteiger partial charge is 0.494 e. The topological polar surface area (TPSA) is 64.4 Å². The van der Waals surface area contributed by atoms with Crippen molar-refractivity contribution in [3.8, 4) is 5.75 Å². The number of nitrogens with one attached hydrogen (secondary N) is 1. The van der Waals surface area contributed by atoms with Gasteiger partial charge in [-0.25, -0.2) is 4.98 Å². The van der Waals surface area contributed by atoms with Gasteiger partial charge >= 0.3 is 0 Å². The maximum atomic E-state index is 12.0. The summed E-state index contributed by atoms with van der Waals surface area (Å²) in [6, 6.07) is 15.0. The molecule has 0 radical (unpaired) electrons. The Hall–Kier alpha value is -2.82. The molecule has 0 aliphatic carbocycles. The van der Waals surface area contributed by atoms with Gasteiger partial charge in [-0.1, -0.05) is 18.2 Å². The molecule has 0 atom stereocenters. The van der Waals surface area contributed by atoms with E-state index in [1.165, 1.54) is 0 Å². The van der Waals surface area contributed by atoms with Gasteiger partial charge in [-0.05, 0) is 36.8 Å². The van der Waals surface area contributed by atoms with Crippen LogP contribution in [-0.2, 0) is 4.79 Å². The minimum Gasteiger partial charge on any atom is -0.494 e. The van der Waals surface area contributed by atoms with Crippen molar-refractivity contribution in [3.63, 3.8) is 0 Å². The molecule has 1 aromatic heterocycles. The molecule has 0 aliphatic rings. The maximum Gasteiger partial charge on any atom is 0.224 e. The molecule has 23 heavy (non-hydrogen) atoms. The summed E-state index contributed by atoms with van der Waals surface area (Å²) in [6.07, 6.45) is 1.06. The average Bonchev–Trinajstić information content (AvgIpc) is 2.92. The number of nitrogens with zero attached hydrogens (tertiary/aromatic N) is 1. The van der Waals surface area contributed by atoms with E-state index in [9.17, 15) is 4.79 Å². The maximum absolute atomic E-state index is 12.0. The molecule has 0 saturated carbocycles. The normalized spacial score (nSPS) is 10.7. The summed E-state index contributed by atoms with van der Waals surface area (Å²) >= 11 is 0. The molecule has 0 aliphatic heterocycles. The van der Waals surface area contributed by atoms with Crippen LogP contribution < -0.4 is 10.1 Å². The molecule has 0 unspecified atom stereocenters. The summed E-state index contributed by atoms with van der Waals surface area (Å²) in [6.45, 7) is 2.31. The predicted octanol–water partition coefficient (Wildman–Crippen LogP) is 3.93. The second kappa shape index (κ2) is 6.96. The lowest BCUT2D eigenvalue weighted by Crippen LogP contribution is -2.12. The van der Waals surface area contributed by atoms with E-state index < -0.39 is 0 Å². The Bertz CT molecular complexity index is 796. The Balaban J connectivity index is 1.46. The number of oxazole rings is 1. The molecule has 0 spiro atoms. The monoisotopic (exact) mass is 310 g/mol. The van der Waals surface area contributed by atoms with E-state index in [-0.39, 0.29) is 5.91 Å². The molecule has 1 N–H and O–H groups in total. The first-order valence-electron chi connectivity index (χ1n) is 7.55. The molecule has 0 bridgehead atoms. The molecule has 3 aromatic rings. The molecule has 5 heteroatoms. The number of aryl methyl sites for hydroxylation is 1. The van der Waals surface area contributed by atoms with Gasteiger partial charge in [0.1, 0.15) is 11.3 Å². The van der Waals surface area contributed by atoms with E-state index >= 15 is 0 Å². The van der Waals surface area contributed by atoms with Gasteiger partial charge in [-0.3, -0.25) is 4.79 Å². The summed E-state index contributed by atoms with van der Waals surface area (Å²) in [4.78, 5) is 16.2. The van der Waals surface area contributed by atoms with Crippen LogP contribution in [0, 0.1) is 6.92 Å². The first kappa shape index (κ1) is 15.1. The highest BCUT2D eigenvalue weighted by Crippen LogP contribution is 2.19. The van der Waals surface area contributed by atoms with Crippen LogP contribution in [0.2, 0.25) is 0 Å². The predicted molar refractivity (Wildman–Crippen MR) is 88.5 cm³/mol. The third-order valence-electron chi connectivity index (χ3n) is 3.34. The van der Waals surface area contributed by atoms with E-state index in [2.05, 4.69) is 10.3 Å². The van der Waals surface area contributed by atoms with Crippen molar-refractivity contribution in [2.45, 2.75) is 19.8 Å². The number of hydrogen-bond donors (Lipinski definition) is 1. The molecule has 118 valence electrons. The number of carbonyl (C=O) groups is 1. The number of amides is 1. The van der Waals surface area contributed by atoms with E-state index in [0.717, 1.165) is 22.5 Å². The number of hydrogen-bond acceptors (Lipinski definition) is 4. The van der Waals surface area contributed by atoms with Gasteiger partial charge in [0, 0.05) is 19.0 Å². The van der Waals surface area contributed by atoms with Crippen molar-refractivity contribution in [2.24, 2.45) is 0 Å². The van der Waals surface area contributed by atoms with Crippen LogP contribution in [0.5, 0.6) is 5.75 Å². The van der Waals surface area contributed by atoms with Crippen LogP contribution >= 0.6 is 0 Å². The first-order chi connectivity index (χ1) is 11.2. The molecule has 1 amide bonds. The zero-order valence-electron chi connectivity index (χ0n) is 12.9. The van der Waals surface area contributed by atoms with Gasteiger partial charge in [0.25, 0.3) is 0 Å². The molecule has 0 fully saturated rings. The zero-order valence-corrected chi connectivity index (χ0v) is 12.9. The Kier molecular flexibility index (Phi) is 4.57. The van der Waals surface area contributed by atoms with Crippen LogP contribution in [0.15, 0.2) is 52.9 Å². The molecule has 2 aromatic carbocycles. The van der Waals surface area contributed by atoms with Gasteiger partial charge in [0.2, 0.25) is 5.91 Å². The minimum atomic E-state index is -0.0405. The Morgan fingerprint density at radius 2 is 2.04 bits per heavy atom. The summed E-state index contributed by atoms with van der Waals surface area (Å²) in [5.74, 6) is 1.39. The summed E-state index contributed by atoms with van der Waals surface area (Å²) < 4.78 is 11.0. The summed E-state index contributed by atoms with van der Waals surface area (Å²) in [5.41, 5.74) is 2.18. The Morgan fingerprint density at radius 1 is 1.22 bits per heavy atom. The number of rotatable bonds is 6. The highest BCUT2D eigenvalue weighted by Gasteiger charge is 2.06. The molecular formula is C18H18N2O3. The Morgan fingerprint density at radius 3 is 2.87 bits per heavy atom. The molecule has 0 saturated heterocycles. The molecular weight excluding hydrogens is 292 g/mol. The fourth-order valence-corrected chi connectivity index (χ4v) is 2.28. The standard InChI is InChI=1S/C18H18N2O3/c1-13-19-16-12-14(9-10-17(16)23-13)20-18(21)8-5-11-22-15-6-3-2-4-7-15/h2-4,6-7,9-10,12H,5,8,11H2,1H3,(H,20,21). The summed E-state index contributed by atoms with van der Waals surface area (Å²) in [5, 5.41) is 2.87. The van der Waals surface area contributed by atoms with Crippen molar-refractivity contribution >= 4 is 22.7 Å². The number of carbonyl (C=O) groups excluding carboxylic acids is 1. The van der Waals surface area contributed by atoms with Gasteiger partial charge in [-0.2, -0.15) is 0 Å². The first-order valence-corrected chi connectivity index (χ1v) is 7.55. The van der Waals surface area contributed by atoms with E-state index in [1.807, 2.05) is 48.5 Å². The van der Waals surface area contributed by atoms with Crippen molar-refractivity contribution < 1.29 is 13.9 Å². The van der Waals surface area contributed by atoms with Crippen LogP contribution in [0.25, 0.3) is 11.1 Å².